The number of rotatable bonds is 8. The highest BCUT2D eigenvalue weighted by Crippen LogP contribution is 2.24. The van der Waals surface area contributed by atoms with Gasteiger partial charge in [0.15, 0.2) is 6.10 Å². The number of benzene rings is 3. The lowest BCUT2D eigenvalue weighted by Gasteiger charge is -2.26. The fourth-order valence-electron chi connectivity index (χ4n) is 3.18. The maximum Gasteiger partial charge on any atom is 0.345 e. The van der Waals surface area contributed by atoms with Crippen molar-refractivity contribution >= 4 is 29.2 Å². The van der Waals surface area contributed by atoms with Crippen LogP contribution in [0, 0.1) is 10.1 Å². The van der Waals surface area contributed by atoms with Crippen LogP contribution in [0.5, 0.6) is 0 Å². The Hall–Kier alpha value is -3.71. The highest BCUT2D eigenvalue weighted by atomic mass is 35.5. The highest BCUT2D eigenvalue weighted by Gasteiger charge is 2.28. The van der Waals surface area contributed by atoms with E-state index in [2.05, 4.69) is 0 Å². The normalized spacial score (nSPS) is 11.4. The van der Waals surface area contributed by atoms with Crippen LogP contribution in [0.3, 0.4) is 0 Å². The molecule has 0 aromatic heterocycles. The summed E-state index contributed by atoms with van der Waals surface area (Å²) in [5.74, 6) is -1.38. The first kappa shape index (κ1) is 23.0. The Morgan fingerprint density at radius 1 is 0.969 bits per heavy atom. The third-order valence-electron chi connectivity index (χ3n) is 4.75. The molecule has 3 aromatic rings. The van der Waals surface area contributed by atoms with E-state index in [1.165, 1.54) is 19.1 Å². The van der Waals surface area contributed by atoms with Crippen LogP contribution in [-0.4, -0.2) is 27.8 Å². The number of carbonyl (C=O) groups excluding carboxylic acids is 2. The molecule has 3 aromatic carbocycles. The second kappa shape index (κ2) is 10.5. The van der Waals surface area contributed by atoms with E-state index in [1.54, 1.807) is 4.90 Å². The molecule has 0 aliphatic heterocycles. The molecule has 0 bridgehead atoms. The molecule has 164 valence electrons. The fraction of sp³-hybridized carbons (Fsp3) is 0.167. The predicted molar refractivity (Wildman–Crippen MR) is 120 cm³/mol. The molecule has 0 fully saturated rings. The lowest BCUT2D eigenvalue weighted by molar-refractivity contribution is -0.385. The minimum absolute atomic E-state index is 0.120. The minimum Gasteiger partial charge on any atom is -0.449 e. The molecule has 0 N–H and O–H groups in total. The van der Waals surface area contributed by atoms with Crippen LogP contribution in [-0.2, 0) is 22.6 Å². The Balaban J connectivity index is 1.79. The van der Waals surface area contributed by atoms with Gasteiger partial charge in [-0.15, -0.1) is 0 Å². The highest BCUT2D eigenvalue weighted by molar-refractivity contribution is 6.31. The summed E-state index contributed by atoms with van der Waals surface area (Å²) in [7, 11) is 0. The Morgan fingerprint density at radius 3 is 2.00 bits per heavy atom. The first-order chi connectivity index (χ1) is 15.3. The Bertz CT molecular complexity index is 1060. The molecule has 7 nitrogen and oxygen atoms in total. The summed E-state index contributed by atoms with van der Waals surface area (Å²) in [6, 6.07) is 22.5. The van der Waals surface area contributed by atoms with Gasteiger partial charge in [-0.2, -0.15) is 0 Å². The van der Waals surface area contributed by atoms with Gasteiger partial charge < -0.3 is 9.64 Å². The molecule has 1 unspecified atom stereocenters. The number of nitrogens with zero attached hydrogens (tertiary/aromatic N) is 2. The minimum atomic E-state index is -1.15. The largest absolute Gasteiger partial charge is 0.449 e. The van der Waals surface area contributed by atoms with Crippen LogP contribution in [0.15, 0.2) is 78.9 Å². The molecule has 0 radical (unpaired) electrons. The average molecular weight is 453 g/mol. The molecule has 1 atom stereocenters. The van der Waals surface area contributed by atoms with Gasteiger partial charge in [0.1, 0.15) is 5.56 Å². The molecule has 3 rings (SSSR count). The van der Waals surface area contributed by atoms with Gasteiger partial charge in [-0.1, -0.05) is 72.3 Å². The number of halogens is 1. The summed E-state index contributed by atoms with van der Waals surface area (Å²) in [6.07, 6.45) is -1.15. The third-order valence-corrected chi connectivity index (χ3v) is 4.99. The number of hydrogen-bond acceptors (Lipinski definition) is 5. The van der Waals surface area contributed by atoms with Crippen LogP contribution in [0.4, 0.5) is 5.69 Å². The van der Waals surface area contributed by atoms with Crippen molar-refractivity contribution in [2.45, 2.75) is 26.1 Å². The summed E-state index contributed by atoms with van der Waals surface area (Å²) < 4.78 is 5.31. The molecule has 0 spiro atoms. The predicted octanol–water partition coefficient (Wildman–Crippen LogP) is 5.02. The van der Waals surface area contributed by atoms with Gasteiger partial charge in [0.05, 0.1) is 4.92 Å². The fourth-order valence-corrected chi connectivity index (χ4v) is 3.35. The second-order valence-electron chi connectivity index (χ2n) is 7.13. The number of carbonyl (C=O) groups is 2. The van der Waals surface area contributed by atoms with E-state index in [9.17, 15) is 19.7 Å². The molecule has 1 amide bonds. The summed E-state index contributed by atoms with van der Waals surface area (Å²) in [6.45, 7) is 2.08. The van der Waals surface area contributed by atoms with Gasteiger partial charge >= 0.3 is 5.97 Å². The lowest BCUT2D eigenvalue weighted by atomic mass is 10.1. The van der Waals surface area contributed by atoms with Gasteiger partial charge in [-0.25, -0.2) is 4.79 Å². The summed E-state index contributed by atoms with van der Waals surface area (Å²) in [5.41, 5.74) is 1.09. The molecule has 0 saturated heterocycles. The average Bonchev–Trinajstić information content (AvgIpc) is 2.79. The summed E-state index contributed by atoms with van der Waals surface area (Å²) in [5, 5.41) is 11.4. The van der Waals surface area contributed by atoms with E-state index < -0.39 is 28.6 Å². The van der Waals surface area contributed by atoms with Crippen molar-refractivity contribution in [3.63, 3.8) is 0 Å². The third kappa shape index (κ3) is 5.92. The van der Waals surface area contributed by atoms with Crippen LogP contribution in [0.25, 0.3) is 0 Å². The Morgan fingerprint density at radius 2 is 1.50 bits per heavy atom. The molecule has 0 aliphatic carbocycles. The van der Waals surface area contributed by atoms with Gasteiger partial charge in [-0.3, -0.25) is 14.9 Å². The van der Waals surface area contributed by atoms with E-state index in [4.69, 9.17) is 16.3 Å². The molecule has 8 heteroatoms. The van der Waals surface area contributed by atoms with Crippen molar-refractivity contribution in [1.29, 1.82) is 0 Å². The first-order valence-electron chi connectivity index (χ1n) is 9.86. The summed E-state index contributed by atoms with van der Waals surface area (Å²) in [4.78, 5) is 37.9. The zero-order chi connectivity index (χ0) is 23.1. The lowest BCUT2D eigenvalue weighted by Crippen LogP contribution is -2.39. The van der Waals surface area contributed by atoms with Gasteiger partial charge in [-0.05, 0) is 30.2 Å². The molecule has 0 aliphatic rings. The summed E-state index contributed by atoms with van der Waals surface area (Å²) >= 11 is 5.80. The van der Waals surface area contributed by atoms with Crippen molar-refractivity contribution in [2.75, 3.05) is 0 Å². The van der Waals surface area contributed by atoms with Gasteiger partial charge in [0.2, 0.25) is 0 Å². The smallest absolute Gasteiger partial charge is 0.345 e. The number of ether oxygens (including phenoxy) is 1. The van der Waals surface area contributed by atoms with Crippen molar-refractivity contribution < 1.29 is 19.2 Å². The van der Waals surface area contributed by atoms with E-state index in [0.717, 1.165) is 17.2 Å². The van der Waals surface area contributed by atoms with Crippen molar-refractivity contribution in [3.8, 4) is 0 Å². The van der Waals surface area contributed by atoms with Crippen molar-refractivity contribution in [2.24, 2.45) is 0 Å². The van der Waals surface area contributed by atoms with E-state index >= 15 is 0 Å². The molecule has 32 heavy (non-hydrogen) atoms. The van der Waals surface area contributed by atoms with E-state index in [1.807, 2.05) is 60.7 Å². The van der Waals surface area contributed by atoms with Crippen LogP contribution in [0.1, 0.15) is 28.4 Å². The molecular weight excluding hydrogens is 432 g/mol. The standard InChI is InChI=1S/C24H21ClN2O5/c1-17(32-24(29)21-13-12-20(25)14-22(21)27(30)31)23(28)26(15-18-8-4-2-5-9-18)16-19-10-6-3-7-11-19/h2-14,17H,15-16H2,1H3. The quantitative estimate of drug-likeness (QED) is 0.272. The zero-order valence-corrected chi connectivity index (χ0v) is 18.1. The maximum atomic E-state index is 13.2. The van der Waals surface area contributed by atoms with Crippen LogP contribution >= 0.6 is 11.6 Å². The number of nitro groups is 1. The number of hydrogen-bond donors (Lipinski definition) is 0. The molecular formula is C24H21ClN2O5. The number of nitro benzene ring substituents is 1. The first-order valence-corrected chi connectivity index (χ1v) is 10.2. The zero-order valence-electron chi connectivity index (χ0n) is 17.3. The SMILES string of the molecule is CC(OC(=O)c1ccc(Cl)cc1[N+](=O)[O-])C(=O)N(Cc1ccccc1)Cc1ccccc1. The van der Waals surface area contributed by atoms with E-state index in [-0.39, 0.29) is 10.6 Å². The molecule has 0 saturated carbocycles. The van der Waals surface area contributed by atoms with Crippen molar-refractivity contribution in [3.05, 3.63) is 111 Å². The topological polar surface area (TPSA) is 89.7 Å². The van der Waals surface area contributed by atoms with Gasteiger partial charge in [0.25, 0.3) is 11.6 Å². The van der Waals surface area contributed by atoms with Gasteiger partial charge in [0, 0.05) is 24.2 Å². The number of amides is 1. The number of esters is 1. The monoisotopic (exact) mass is 452 g/mol. The second-order valence-corrected chi connectivity index (χ2v) is 7.57. The molecule has 0 heterocycles. The van der Waals surface area contributed by atoms with E-state index in [0.29, 0.717) is 13.1 Å². The van der Waals surface area contributed by atoms with Crippen LogP contribution in [0.2, 0.25) is 5.02 Å². The van der Waals surface area contributed by atoms with Crippen molar-refractivity contribution in [1.82, 2.24) is 4.90 Å². The Labute approximate surface area is 190 Å². The maximum absolute atomic E-state index is 13.2. The van der Waals surface area contributed by atoms with Crippen LogP contribution < -0.4 is 0 Å². The Kier molecular flexibility index (Phi) is 7.57.